The first-order valence-electron chi connectivity index (χ1n) is 16.3. The number of benzene rings is 2. The summed E-state index contributed by atoms with van der Waals surface area (Å²) >= 11 is 7.20. The number of pyridine rings is 2. The molecule has 2 N–H and O–H groups in total. The van der Waals surface area contributed by atoms with Crippen molar-refractivity contribution < 1.29 is 14.6 Å². The highest BCUT2D eigenvalue weighted by atomic mass is 35.5. The average Bonchev–Trinajstić information content (AvgIpc) is 3.55. The zero-order valence-electron chi connectivity index (χ0n) is 27.8. The first-order valence-corrected chi connectivity index (χ1v) is 16.7. The van der Waals surface area contributed by atoms with Gasteiger partial charge in [-0.1, -0.05) is 41.9 Å². The zero-order valence-corrected chi connectivity index (χ0v) is 28.5. The number of carbonyl (C=O) groups is 1. The molecule has 1 aliphatic heterocycles. The number of nitrogens with zero attached hydrogens (tertiary/aromatic N) is 5. The van der Waals surface area contributed by atoms with Crippen molar-refractivity contribution in [3.8, 4) is 28.3 Å². The van der Waals surface area contributed by atoms with Gasteiger partial charge in [0.15, 0.2) is 0 Å². The van der Waals surface area contributed by atoms with E-state index < -0.39 is 17.2 Å². The second-order valence-electron chi connectivity index (χ2n) is 12.8. The summed E-state index contributed by atoms with van der Waals surface area (Å²) in [5.74, 6) is -0.0662. The maximum Gasteiger partial charge on any atom is 0.330 e. The van der Waals surface area contributed by atoms with E-state index in [0.29, 0.717) is 40.5 Å². The lowest BCUT2D eigenvalue weighted by molar-refractivity contribution is -0.143. The third kappa shape index (κ3) is 5.56. The first-order chi connectivity index (χ1) is 23.6. The molecule has 0 radical (unpaired) electrons. The van der Waals surface area contributed by atoms with Crippen LogP contribution >= 0.6 is 11.6 Å². The van der Waals surface area contributed by atoms with Crippen LogP contribution in [0.15, 0.2) is 64.3 Å². The van der Waals surface area contributed by atoms with Gasteiger partial charge in [-0.3, -0.25) is 23.6 Å². The standard InChI is InChI=1S/C37H37ClN6O5/c1-20-23(7-6-10-26(20)40-33-31-28(13-16-39-33)42(2)37(48)43(3)35(31)45)24-8-5-9-25(32(24)38)27-19-22-11-12-29(30(22)34(41-27)49-4)44-17-14-21(15-18-44)36(46)47/h5-10,13,16,19,21,29H,11-12,14-15,17-18H2,1-4H3,(H,39,40)(H,46,47)/t29-/m1/s1. The number of hydrogen-bond acceptors (Lipinski definition) is 8. The second-order valence-corrected chi connectivity index (χ2v) is 13.2. The summed E-state index contributed by atoms with van der Waals surface area (Å²) in [6, 6.07) is 15.6. The molecule has 7 rings (SSSR count). The van der Waals surface area contributed by atoms with Gasteiger partial charge in [0.2, 0.25) is 5.88 Å². The van der Waals surface area contributed by atoms with Gasteiger partial charge in [-0.05, 0) is 80.6 Å². The van der Waals surface area contributed by atoms with E-state index in [2.05, 4.69) is 21.3 Å². The number of ether oxygens (including phenoxy) is 1. The smallest absolute Gasteiger partial charge is 0.330 e. The Balaban J connectivity index is 1.23. The van der Waals surface area contributed by atoms with Gasteiger partial charge in [-0.2, -0.15) is 0 Å². The SMILES string of the molecule is COc1nc(-c2cccc(-c3cccc(Nc4nccc5c4c(=O)n(C)c(=O)n5C)c3C)c2Cl)cc2c1[C@H](N1CCC(C(=O)O)CC1)CC2. The molecule has 1 atom stereocenters. The highest BCUT2D eigenvalue weighted by molar-refractivity contribution is 6.36. The minimum atomic E-state index is -0.712. The number of hydrogen-bond donors (Lipinski definition) is 2. The number of likely N-dealkylation sites (tertiary alicyclic amines) is 1. The fourth-order valence-electron chi connectivity index (χ4n) is 7.45. The van der Waals surface area contributed by atoms with Crippen molar-refractivity contribution in [1.29, 1.82) is 0 Å². The Labute approximate surface area is 287 Å². The summed E-state index contributed by atoms with van der Waals surface area (Å²) in [7, 11) is 4.72. The van der Waals surface area contributed by atoms with E-state index in [9.17, 15) is 19.5 Å². The number of piperidine rings is 1. The lowest BCUT2D eigenvalue weighted by Gasteiger charge is -2.35. The number of aryl methyl sites for hydroxylation is 2. The van der Waals surface area contributed by atoms with Crippen LogP contribution in [0, 0.1) is 12.8 Å². The molecule has 2 aromatic carbocycles. The van der Waals surface area contributed by atoms with E-state index in [1.807, 2.05) is 43.3 Å². The summed E-state index contributed by atoms with van der Waals surface area (Å²) in [5.41, 5.74) is 6.77. The van der Waals surface area contributed by atoms with Crippen molar-refractivity contribution in [2.45, 2.75) is 38.6 Å². The van der Waals surface area contributed by atoms with Crippen LogP contribution in [0.2, 0.25) is 5.02 Å². The van der Waals surface area contributed by atoms with E-state index >= 15 is 0 Å². The van der Waals surface area contributed by atoms with Gasteiger partial charge in [0.25, 0.3) is 5.56 Å². The number of carboxylic acid groups (broad SMARTS) is 1. The van der Waals surface area contributed by atoms with Crippen molar-refractivity contribution in [2.75, 3.05) is 25.5 Å². The fourth-order valence-corrected chi connectivity index (χ4v) is 7.77. The molecule has 252 valence electrons. The van der Waals surface area contributed by atoms with E-state index in [-0.39, 0.29) is 12.0 Å². The molecule has 49 heavy (non-hydrogen) atoms. The number of nitrogens with one attached hydrogen (secondary N) is 1. The molecule has 1 fully saturated rings. The van der Waals surface area contributed by atoms with Crippen molar-refractivity contribution in [2.24, 2.45) is 20.0 Å². The summed E-state index contributed by atoms with van der Waals surface area (Å²) in [6.45, 7) is 3.45. The summed E-state index contributed by atoms with van der Waals surface area (Å²) in [6.07, 6.45) is 4.66. The number of halogens is 1. The number of fused-ring (bicyclic) bond motifs is 2. The van der Waals surface area contributed by atoms with Gasteiger partial charge >= 0.3 is 11.7 Å². The Morgan fingerprint density at radius 3 is 2.45 bits per heavy atom. The minimum absolute atomic E-state index is 0.141. The molecule has 1 aliphatic carbocycles. The van der Waals surface area contributed by atoms with Crippen molar-refractivity contribution in [3.63, 3.8) is 0 Å². The highest BCUT2D eigenvalue weighted by Gasteiger charge is 2.36. The Morgan fingerprint density at radius 2 is 1.71 bits per heavy atom. The largest absolute Gasteiger partial charge is 0.481 e. The van der Waals surface area contributed by atoms with Crippen LogP contribution in [-0.2, 0) is 25.3 Å². The van der Waals surface area contributed by atoms with Gasteiger partial charge in [0.1, 0.15) is 11.2 Å². The van der Waals surface area contributed by atoms with Crippen molar-refractivity contribution in [1.82, 2.24) is 24.0 Å². The number of rotatable bonds is 7. The lowest BCUT2D eigenvalue weighted by Crippen LogP contribution is -2.38. The third-order valence-electron chi connectivity index (χ3n) is 10.2. The number of aromatic nitrogens is 4. The lowest BCUT2D eigenvalue weighted by atomic mass is 9.94. The molecule has 4 heterocycles. The van der Waals surface area contributed by atoms with Gasteiger partial charge < -0.3 is 15.2 Å². The number of aliphatic carboxylic acids is 1. The van der Waals surface area contributed by atoms with Crippen LogP contribution in [0.1, 0.15) is 42.0 Å². The van der Waals surface area contributed by atoms with Gasteiger partial charge in [-0.15, -0.1) is 0 Å². The van der Waals surface area contributed by atoms with E-state index in [0.717, 1.165) is 69.7 Å². The van der Waals surface area contributed by atoms with Crippen LogP contribution in [0.3, 0.4) is 0 Å². The predicted molar refractivity (Wildman–Crippen MR) is 190 cm³/mol. The number of anilines is 2. The molecular weight excluding hydrogens is 644 g/mol. The fraction of sp³-hybridized carbons (Fsp3) is 0.324. The molecule has 0 saturated carbocycles. The molecule has 0 spiro atoms. The van der Waals surface area contributed by atoms with Gasteiger partial charge in [-0.25, -0.2) is 14.8 Å². The Kier molecular flexibility index (Phi) is 8.50. The molecule has 11 nitrogen and oxygen atoms in total. The summed E-state index contributed by atoms with van der Waals surface area (Å²) in [5, 5.41) is 13.7. The zero-order chi connectivity index (χ0) is 34.6. The van der Waals surface area contributed by atoms with Gasteiger partial charge in [0, 0.05) is 48.7 Å². The summed E-state index contributed by atoms with van der Waals surface area (Å²) < 4.78 is 8.39. The average molecular weight is 681 g/mol. The van der Waals surface area contributed by atoms with Crippen LogP contribution < -0.4 is 21.3 Å². The van der Waals surface area contributed by atoms with Crippen LogP contribution in [-0.4, -0.2) is 55.3 Å². The molecule has 0 unspecified atom stereocenters. The normalized spacial score (nSPS) is 16.6. The number of methoxy groups -OCH3 is 1. The third-order valence-corrected chi connectivity index (χ3v) is 10.6. The van der Waals surface area contributed by atoms with Crippen molar-refractivity contribution >= 4 is 40.0 Å². The molecule has 0 bridgehead atoms. The maximum absolute atomic E-state index is 13.2. The molecule has 0 amide bonds. The molecule has 3 aromatic heterocycles. The Bertz CT molecular complexity index is 2260. The molecule has 1 saturated heterocycles. The Hall–Kier alpha value is -5.00. The molecule has 12 heteroatoms. The van der Waals surface area contributed by atoms with E-state index in [4.69, 9.17) is 21.3 Å². The predicted octanol–water partition coefficient (Wildman–Crippen LogP) is 5.86. The first kappa shape index (κ1) is 32.5. The molecule has 5 aromatic rings. The van der Waals surface area contributed by atoms with Crippen LogP contribution in [0.4, 0.5) is 11.5 Å². The van der Waals surface area contributed by atoms with Gasteiger partial charge in [0.05, 0.1) is 29.3 Å². The molecular formula is C37H37ClN6O5. The van der Waals surface area contributed by atoms with E-state index in [1.165, 1.54) is 17.2 Å². The molecule has 2 aliphatic rings. The maximum atomic E-state index is 13.2. The summed E-state index contributed by atoms with van der Waals surface area (Å²) in [4.78, 5) is 49.0. The topological polar surface area (TPSA) is 132 Å². The highest BCUT2D eigenvalue weighted by Crippen LogP contribution is 2.45. The monoisotopic (exact) mass is 680 g/mol. The quantitative estimate of drug-likeness (QED) is 0.217. The van der Waals surface area contributed by atoms with E-state index in [1.54, 1.807) is 26.4 Å². The van der Waals surface area contributed by atoms with Crippen LogP contribution in [0.5, 0.6) is 5.88 Å². The Morgan fingerprint density at radius 1 is 1.00 bits per heavy atom. The van der Waals surface area contributed by atoms with Crippen molar-refractivity contribution in [3.05, 3.63) is 97.3 Å². The second kappa shape index (κ2) is 12.8. The van der Waals surface area contributed by atoms with Crippen LogP contribution in [0.25, 0.3) is 33.3 Å². The number of carboxylic acids is 1. The minimum Gasteiger partial charge on any atom is -0.481 e.